The highest BCUT2D eigenvalue weighted by Crippen LogP contribution is 2.46. The number of aryl methyl sites for hydroxylation is 1. The van der Waals surface area contributed by atoms with E-state index in [1.165, 1.54) is 13.0 Å². The van der Waals surface area contributed by atoms with E-state index in [0.29, 0.717) is 12.1 Å². The lowest BCUT2D eigenvalue weighted by atomic mass is 9.74. The molecule has 0 spiro atoms. The molecule has 192 valence electrons. The largest absolute Gasteiger partial charge is 0.502 e. The molecule has 1 amide bonds. The van der Waals surface area contributed by atoms with Crippen molar-refractivity contribution >= 4 is 28.1 Å². The van der Waals surface area contributed by atoms with Gasteiger partial charge < -0.3 is 20.1 Å². The van der Waals surface area contributed by atoms with E-state index in [0.717, 1.165) is 26.0 Å². The van der Waals surface area contributed by atoms with Crippen molar-refractivity contribution in [3.63, 3.8) is 0 Å². The molecule has 36 heavy (non-hydrogen) atoms. The lowest BCUT2D eigenvalue weighted by Gasteiger charge is -2.36. The van der Waals surface area contributed by atoms with E-state index in [1.54, 1.807) is 0 Å². The van der Waals surface area contributed by atoms with E-state index in [1.807, 2.05) is 5.32 Å². The molecular formula is C22H19F4N3O7. The predicted molar refractivity (Wildman–Crippen MR) is 117 cm³/mol. The molecule has 3 N–H and O–H groups in total. The Kier molecular flexibility index (Phi) is 6.53. The quantitative estimate of drug-likeness (QED) is 0.255. The second kappa shape index (κ2) is 8.86. The third-order valence-corrected chi connectivity index (χ3v) is 5.68. The summed E-state index contributed by atoms with van der Waals surface area (Å²) in [5, 5.41) is 37.6. The molecule has 1 atom stereocenters. The van der Waals surface area contributed by atoms with Gasteiger partial charge in [-0.15, -0.1) is 0 Å². The maximum atomic E-state index is 14.0. The second-order valence-corrected chi connectivity index (χ2v) is 8.77. The van der Waals surface area contributed by atoms with E-state index in [-0.39, 0.29) is 22.2 Å². The molecule has 1 heterocycles. The van der Waals surface area contributed by atoms with Gasteiger partial charge in [-0.25, -0.2) is 9.18 Å². The average molecular weight is 513 g/mol. The normalized spacial score (nSPS) is 13.9. The first-order valence-corrected chi connectivity index (χ1v) is 10.2. The van der Waals surface area contributed by atoms with Gasteiger partial charge in [-0.1, -0.05) is 19.0 Å². The van der Waals surface area contributed by atoms with Crippen molar-refractivity contribution in [3.8, 4) is 5.75 Å². The summed E-state index contributed by atoms with van der Waals surface area (Å²) in [4.78, 5) is 34.5. The van der Waals surface area contributed by atoms with Gasteiger partial charge in [0.1, 0.15) is 5.82 Å². The van der Waals surface area contributed by atoms with Gasteiger partial charge in [-0.05, 0) is 36.6 Å². The van der Waals surface area contributed by atoms with Crippen LogP contribution in [-0.2, 0) is 10.2 Å². The minimum Gasteiger partial charge on any atom is -0.502 e. The molecule has 1 aromatic heterocycles. The van der Waals surface area contributed by atoms with Gasteiger partial charge in [0.2, 0.25) is 5.60 Å². The van der Waals surface area contributed by atoms with Crippen LogP contribution in [0, 0.1) is 22.9 Å². The molecule has 0 saturated heterocycles. The molecule has 0 aliphatic rings. The minimum atomic E-state index is -5.56. The summed E-state index contributed by atoms with van der Waals surface area (Å²) in [6, 6.07) is 4.43. The number of alkyl halides is 3. The Morgan fingerprint density at radius 3 is 2.42 bits per heavy atom. The Hall–Kier alpha value is -4.07. The molecule has 0 saturated carbocycles. The number of aliphatic hydroxyl groups is 1. The van der Waals surface area contributed by atoms with Gasteiger partial charge in [0.25, 0.3) is 5.91 Å². The number of carbonyl (C=O) groups is 1. The van der Waals surface area contributed by atoms with Crippen LogP contribution >= 0.6 is 0 Å². The number of halogens is 4. The number of aromatic nitrogens is 1. The Bertz CT molecular complexity index is 1440. The topological polar surface area (TPSA) is 156 Å². The maximum Gasteiger partial charge on any atom is 0.426 e. The van der Waals surface area contributed by atoms with Crippen LogP contribution in [0.2, 0.25) is 0 Å². The van der Waals surface area contributed by atoms with E-state index < -0.39 is 62.9 Å². The number of hydrogen-bond acceptors (Lipinski definition) is 8. The van der Waals surface area contributed by atoms with Gasteiger partial charge in [0.15, 0.2) is 5.75 Å². The van der Waals surface area contributed by atoms with Crippen molar-refractivity contribution in [2.24, 2.45) is 0 Å². The van der Waals surface area contributed by atoms with E-state index >= 15 is 0 Å². The molecule has 0 fully saturated rings. The Labute approximate surface area is 199 Å². The SMILES string of the molecule is Cc1noc(=O)c2ccc(NC(=O)C(O)(CC(C)(C)c3cc(F)cc([N+](=O)[O-])c3O)C(F)(F)F)cc12. The van der Waals surface area contributed by atoms with Crippen molar-refractivity contribution in [2.45, 2.75) is 44.4 Å². The number of nitro benzene ring substituents is 1. The molecule has 0 bridgehead atoms. The summed E-state index contributed by atoms with van der Waals surface area (Å²) in [6.07, 6.45) is -7.00. The number of anilines is 1. The molecule has 14 heteroatoms. The van der Waals surface area contributed by atoms with Crippen molar-refractivity contribution in [2.75, 3.05) is 5.32 Å². The highest BCUT2D eigenvalue weighted by atomic mass is 19.4. The minimum absolute atomic E-state index is 0.0517. The van der Waals surface area contributed by atoms with Crippen LogP contribution in [0.15, 0.2) is 39.6 Å². The van der Waals surface area contributed by atoms with Crippen LogP contribution in [0.5, 0.6) is 5.75 Å². The molecule has 3 aromatic rings. The van der Waals surface area contributed by atoms with Crippen molar-refractivity contribution in [1.82, 2.24) is 5.16 Å². The molecule has 0 aliphatic carbocycles. The maximum absolute atomic E-state index is 14.0. The fraction of sp³-hybridized carbons (Fsp3) is 0.318. The number of nitrogens with one attached hydrogen (secondary N) is 1. The first-order valence-electron chi connectivity index (χ1n) is 10.2. The lowest BCUT2D eigenvalue weighted by molar-refractivity contribution is -0.386. The van der Waals surface area contributed by atoms with Crippen LogP contribution in [0.4, 0.5) is 28.9 Å². The highest BCUT2D eigenvalue weighted by Gasteiger charge is 2.61. The number of hydrogen-bond donors (Lipinski definition) is 3. The number of amides is 1. The number of nitro groups is 1. The Balaban J connectivity index is 2.03. The van der Waals surface area contributed by atoms with Crippen LogP contribution in [-0.4, -0.2) is 38.0 Å². The number of fused-ring (bicyclic) bond motifs is 1. The summed E-state index contributed by atoms with van der Waals surface area (Å²) in [5.74, 6) is -4.23. The molecule has 1 unspecified atom stereocenters. The first-order chi connectivity index (χ1) is 16.5. The van der Waals surface area contributed by atoms with Crippen molar-refractivity contribution in [1.29, 1.82) is 0 Å². The number of phenolic OH excluding ortho intramolecular Hbond substituents is 1. The van der Waals surface area contributed by atoms with Crippen LogP contribution in [0.3, 0.4) is 0 Å². The fourth-order valence-corrected chi connectivity index (χ4v) is 3.83. The van der Waals surface area contributed by atoms with E-state index in [9.17, 15) is 47.5 Å². The Morgan fingerprint density at radius 1 is 1.19 bits per heavy atom. The van der Waals surface area contributed by atoms with E-state index in [2.05, 4.69) is 9.68 Å². The first kappa shape index (κ1) is 26.5. The second-order valence-electron chi connectivity index (χ2n) is 8.77. The lowest BCUT2D eigenvalue weighted by Crippen LogP contribution is -2.57. The molecule has 2 aromatic carbocycles. The van der Waals surface area contributed by atoms with Gasteiger partial charge in [0, 0.05) is 23.1 Å². The summed E-state index contributed by atoms with van der Waals surface area (Å²) in [6.45, 7) is 3.54. The standard InChI is InChI=1S/C22H19F4N3O7/c1-10-14-8-12(4-5-13(14)18(31)36-28-10)27-19(32)21(33,22(24,25)26)9-20(2,3)15-6-11(23)7-16(17(15)30)29(34)35/h4-8,30,33H,9H2,1-3H3,(H,27,32). The summed E-state index contributed by atoms with van der Waals surface area (Å²) in [7, 11) is 0. The number of nitrogens with zero attached hydrogens (tertiary/aromatic N) is 2. The van der Waals surface area contributed by atoms with Crippen LogP contribution < -0.4 is 10.9 Å². The van der Waals surface area contributed by atoms with Crippen molar-refractivity contribution in [3.05, 3.63) is 67.9 Å². The monoisotopic (exact) mass is 513 g/mol. The van der Waals surface area contributed by atoms with Gasteiger partial charge in [-0.3, -0.25) is 14.9 Å². The van der Waals surface area contributed by atoms with Gasteiger partial charge >= 0.3 is 17.5 Å². The Morgan fingerprint density at radius 2 is 1.83 bits per heavy atom. The zero-order valence-corrected chi connectivity index (χ0v) is 18.9. The molecule has 0 aliphatic heterocycles. The summed E-state index contributed by atoms with van der Waals surface area (Å²) < 4.78 is 60.7. The zero-order valence-electron chi connectivity index (χ0n) is 18.9. The number of benzene rings is 2. The summed E-state index contributed by atoms with van der Waals surface area (Å²) in [5.41, 5.74) is -8.62. The van der Waals surface area contributed by atoms with Crippen LogP contribution in [0.1, 0.15) is 31.5 Å². The van der Waals surface area contributed by atoms with Gasteiger partial charge in [-0.2, -0.15) is 13.2 Å². The molecule has 10 nitrogen and oxygen atoms in total. The number of aromatic hydroxyl groups is 1. The number of phenols is 1. The predicted octanol–water partition coefficient (Wildman–Crippen LogP) is 3.85. The molecular weight excluding hydrogens is 494 g/mol. The molecule has 0 radical (unpaired) electrons. The van der Waals surface area contributed by atoms with Gasteiger partial charge in [0.05, 0.1) is 22.1 Å². The smallest absolute Gasteiger partial charge is 0.426 e. The summed E-state index contributed by atoms with van der Waals surface area (Å²) >= 11 is 0. The zero-order chi connectivity index (χ0) is 27.2. The third-order valence-electron chi connectivity index (χ3n) is 5.68. The average Bonchev–Trinajstić information content (AvgIpc) is 2.76. The number of rotatable bonds is 6. The molecule has 3 rings (SSSR count). The van der Waals surface area contributed by atoms with E-state index in [4.69, 9.17) is 0 Å². The number of carbonyl (C=O) groups excluding carboxylic acids is 1. The van der Waals surface area contributed by atoms with Crippen molar-refractivity contribution < 1.29 is 42.0 Å². The fourth-order valence-electron chi connectivity index (χ4n) is 3.83. The highest BCUT2D eigenvalue weighted by molar-refractivity contribution is 5.99. The third kappa shape index (κ3) is 4.71. The van der Waals surface area contributed by atoms with Crippen LogP contribution in [0.25, 0.3) is 10.8 Å².